The molecule has 0 N–H and O–H groups in total. The standard InChI is InChI=1S/C18H22N2O3S/c1-22-15-4-6-16(7-5-15)23-14-18(21)20-10-8-19(9-11-20)13-17-3-2-12-24-17/h2-7,12H,8-11,13-14H2,1H3. The van der Waals surface area contributed by atoms with Crippen LogP contribution in [0.25, 0.3) is 0 Å². The van der Waals surface area contributed by atoms with Crippen molar-refractivity contribution in [2.45, 2.75) is 6.54 Å². The zero-order valence-electron chi connectivity index (χ0n) is 13.8. The summed E-state index contributed by atoms with van der Waals surface area (Å²) in [5.41, 5.74) is 0. The van der Waals surface area contributed by atoms with E-state index >= 15 is 0 Å². The number of nitrogens with zero attached hydrogens (tertiary/aromatic N) is 2. The molecule has 0 spiro atoms. The van der Waals surface area contributed by atoms with Crippen molar-refractivity contribution in [1.29, 1.82) is 0 Å². The Hall–Kier alpha value is -2.05. The van der Waals surface area contributed by atoms with Gasteiger partial charge in [0.05, 0.1) is 7.11 Å². The zero-order chi connectivity index (χ0) is 16.8. The fourth-order valence-electron chi connectivity index (χ4n) is 2.69. The van der Waals surface area contributed by atoms with Gasteiger partial charge in [-0.05, 0) is 35.7 Å². The van der Waals surface area contributed by atoms with E-state index in [9.17, 15) is 4.79 Å². The van der Waals surface area contributed by atoms with Crippen LogP contribution in [0.2, 0.25) is 0 Å². The number of hydrogen-bond donors (Lipinski definition) is 0. The third-order valence-corrected chi connectivity index (χ3v) is 4.97. The molecule has 1 fully saturated rings. The SMILES string of the molecule is COc1ccc(OCC(=O)N2CCN(Cc3cccs3)CC2)cc1. The number of methoxy groups -OCH3 is 1. The van der Waals surface area contributed by atoms with Crippen molar-refractivity contribution in [3.8, 4) is 11.5 Å². The lowest BCUT2D eigenvalue weighted by Gasteiger charge is -2.34. The van der Waals surface area contributed by atoms with E-state index in [1.807, 2.05) is 29.2 Å². The summed E-state index contributed by atoms with van der Waals surface area (Å²) in [6.45, 7) is 4.39. The average Bonchev–Trinajstić information content (AvgIpc) is 3.14. The number of rotatable bonds is 6. The quantitative estimate of drug-likeness (QED) is 0.806. The lowest BCUT2D eigenvalue weighted by atomic mass is 10.3. The van der Waals surface area contributed by atoms with Crippen LogP contribution in [0.15, 0.2) is 41.8 Å². The number of amides is 1. The van der Waals surface area contributed by atoms with Crippen LogP contribution in [0.5, 0.6) is 11.5 Å². The van der Waals surface area contributed by atoms with E-state index in [1.165, 1.54) is 4.88 Å². The van der Waals surface area contributed by atoms with E-state index < -0.39 is 0 Å². The van der Waals surface area contributed by atoms with Gasteiger partial charge in [0.25, 0.3) is 5.91 Å². The van der Waals surface area contributed by atoms with Gasteiger partial charge in [-0.3, -0.25) is 9.69 Å². The second-order valence-corrected chi connectivity index (χ2v) is 6.73. The number of hydrogen-bond acceptors (Lipinski definition) is 5. The van der Waals surface area contributed by atoms with Gasteiger partial charge in [0.1, 0.15) is 11.5 Å². The van der Waals surface area contributed by atoms with Crippen LogP contribution in [0, 0.1) is 0 Å². The first-order chi connectivity index (χ1) is 11.7. The summed E-state index contributed by atoms with van der Waals surface area (Å²) in [6, 6.07) is 11.5. The van der Waals surface area contributed by atoms with Crippen LogP contribution < -0.4 is 9.47 Å². The predicted octanol–water partition coefficient (Wildman–Crippen LogP) is 2.48. The van der Waals surface area contributed by atoms with Gasteiger partial charge in [-0.1, -0.05) is 6.07 Å². The fourth-order valence-corrected chi connectivity index (χ4v) is 3.43. The molecule has 0 atom stereocenters. The maximum atomic E-state index is 12.3. The molecule has 3 rings (SSSR count). The second-order valence-electron chi connectivity index (χ2n) is 5.70. The molecule has 1 aliphatic heterocycles. The molecule has 1 amide bonds. The minimum atomic E-state index is 0.0431. The van der Waals surface area contributed by atoms with Crippen molar-refractivity contribution in [2.75, 3.05) is 39.9 Å². The molecule has 0 aliphatic carbocycles. The topological polar surface area (TPSA) is 42.0 Å². The number of carbonyl (C=O) groups excluding carboxylic acids is 1. The van der Waals surface area contributed by atoms with E-state index in [0.29, 0.717) is 5.75 Å². The normalized spacial score (nSPS) is 15.3. The molecular weight excluding hydrogens is 324 g/mol. The largest absolute Gasteiger partial charge is 0.497 e. The number of ether oxygens (including phenoxy) is 2. The van der Waals surface area contributed by atoms with E-state index in [1.54, 1.807) is 18.4 Å². The number of thiophene rings is 1. The minimum Gasteiger partial charge on any atom is -0.497 e. The first-order valence-electron chi connectivity index (χ1n) is 8.04. The van der Waals surface area contributed by atoms with Gasteiger partial charge in [0, 0.05) is 37.6 Å². The highest BCUT2D eigenvalue weighted by Crippen LogP contribution is 2.17. The van der Waals surface area contributed by atoms with Gasteiger partial charge in [0.2, 0.25) is 0 Å². The molecule has 2 aromatic rings. The molecule has 0 radical (unpaired) electrons. The molecule has 5 nitrogen and oxygen atoms in total. The maximum Gasteiger partial charge on any atom is 0.260 e. The first-order valence-corrected chi connectivity index (χ1v) is 8.92. The van der Waals surface area contributed by atoms with Crippen molar-refractivity contribution >= 4 is 17.2 Å². The molecule has 24 heavy (non-hydrogen) atoms. The Bertz CT molecular complexity index is 635. The van der Waals surface area contributed by atoms with E-state index in [2.05, 4.69) is 22.4 Å². The van der Waals surface area contributed by atoms with Crippen LogP contribution >= 0.6 is 11.3 Å². The highest BCUT2D eigenvalue weighted by molar-refractivity contribution is 7.09. The van der Waals surface area contributed by atoms with Crippen molar-refractivity contribution in [3.05, 3.63) is 46.7 Å². The molecule has 128 valence electrons. The van der Waals surface area contributed by atoms with Crippen molar-refractivity contribution < 1.29 is 14.3 Å². The third kappa shape index (κ3) is 4.49. The van der Waals surface area contributed by atoms with Crippen molar-refractivity contribution in [3.63, 3.8) is 0 Å². The van der Waals surface area contributed by atoms with Crippen molar-refractivity contribution in [1.82, 2.24) is 9.80 Å². The summed E-state index contributed by atoms with van der Waals surface area (Å²) in [4.78, 5) is 17.9. The summed E-state index contributed by atoms with van der Waals surface area (Å²) < 4.78 is 10.7. The Labute approximate surface area is 146 Å². The highest BCUT2D eigenvalue weighted by Gasteiger charge is 2.21. The monoisotopic (exact) mass is 346 g/mol. The summed E-state index contributed by atoms with van der Waals surface area (Å²) in [5.74, 6) is 1.50. The van der Waals surface area contributed by atoms with Gasteiger partial charge in [-0.2, -0.15) is 0 Å². The molecule has 0 bridgehead atoms. The smallest absolute Gasteiger partial charge is 0.260 e. The molecule has 1 aromatic carbocycles. The average molecular weight is 346 g/mol. The highest BCUT2D eigenvalue weighted by atomic mass is 32.1. The number of carbonyl (C=O) groups is 1. The molecule has 0 saturated carbocycles. The summed E-state index contributed by atoms with van der Waals surface area (Å²) in [6.07, 6.45) is 0. The Kier molecular flexibility index (Phi) is 5.72. The van der Waals surface area contributed by atoms with E-state index in [4.69, 9.17) is 9.47 Å². The maximum absolute atomic E-state index is 12.3. The second kappa shape index (κ2) is 8.17. The Morgan fingerprint density at radius 2 is 1.79 bits per heavy atom. The minimum absolute atomic E-state index is 0.0431. The van der Waals surface area contributed by atoms with Crippen LogP contribution in [0.3, 0.4) is 0 Å². The molecule has 1 aromatic heterocycles. The molecule has 6 heteroatoms. The summed E-state index contributed by atoms with van der Waals surface area (Å²) in [7, 11) is 1.62. The third-order valence-electron chi connectivity index (χ3n) is 4.11. The van der Waals surface area contributed by atoms with Gasteiger partial charge >= 0.3 is 0 Å². The molecule has 0 unspecified atom stereocenters. The zero-order valence-corrected chi connectivity index (χ0v) is 14.6. The molecular formula is C18H22N2O3S. The molecule has 1 saturated heterocycles. The molecule has 1 aliphatic rings. The van der Waals surface area contributed by atoms with Gasteiger partial charge in [-0.15, -0.1) is 11.3 Å². The van der Waals surface area contributed by atoms with E-state index in [-0.39, 0.29) is 12.5 Å². The lowest BCUT2D eigenvalue weighted by Crippen LogP contribution is -2.49. The van der Waals surface area contributed by atoms with Crippen molar-refractivity contribution in [2.24, 2.45) is 0 Å². The Morgan fingerprint density at radius 1 is 1.08 bits per heavy atom. The van der Waals surface area contributed by atoms with Crippen LogP contribution in [0.4, 0.5) is 0 Å². The lowest BCUT2D eigenvalue weighted by molar-refractivity contribution is -0.135. The predicted molar refractivity (Wildman–Crippen MR) is 94.7 cm³/mol. The number of benzene rings is 1. The first kappa shape index (κ1) is 16.8. The summed E-state index contributed by atoms with van der Waals surface area (Å²) >= 11 is 1.78. The van der Waals surface area contributed by atoms with Gasteiger partial charge < -0.3 is 14.4 Å². The van der Waals surface area contributed by atoms with Crippen LogP contribution in [-0.4, -0.2) is 55.6 Å². The fraction of sp³-hybridized carbons (Fsp3) is 0.389. The number of piperazine rings is 1. The Morgan fingerprint density at radius 3 is 2.42 bits per heavy atom. The van der Waals surface area contributed by atoms with Crippen LogP contribution in [-0.2, 0) is 11.3 Å². The van der Waals surface area contributed by atoms with Gasteiger partial charge in [0.15, 0.2) is 6.61 Å². The van der Waals surface area contributed by atoms with Crippen LogP contribution in [0.1, 0.15) is 4.88 Å². The van der Waals surface area contributed by atoms with Gasteiger partial charge in [-0.25, -0.2) is 0 Å². The van der Waals surface area contributed by atoms with E-state index in [0.717, 1.165) is 38.5 Å². The Balaban J connectivity index is 1.41. The summed E-state index contributed by atoms with van der Waals surface area (Å²) in [5, 5.41) is 2.10. The molecule has 2 heterocycles.